The zero-order valence-electron chi connectivity index (χ0n) is 11.1. The summed E-state index contributed by atoms with van der Waals surface area (Å²) in [6.45, 7) is 7.58. The highest BCUT2D eigenvalue weighted by atomic mass is 35.5. The normalized spacial score (nSPS) is 15.1. The molecule has 0 aliphatic carbocycles. The van der Waals surface area contributed by atoms with Crippen LogP contribution in [0.15, 0.2) is 12.3 Å². The predicted octanol–water partition coefficient (Wildman–Crippen LogP) is 3.88. The van der Waals surface area contributed by atoms with Gasteiger partial charge in [0, 0.05) is 18.2 Å². The zero-order valence-corrected chi connectivity index (χ0v) is 12.7. The molecule has 5 heteroatoms. The Morgan fingerprint density at radius 2 is 2.22 bits per heavy atom. The molecule has 2 atom stereocenters. The summed E-state index contributed by atoms with van der Waals surface area (Å²) in [7, 11) is -4.13. The summed E-state index contributed by atoms with van der Waals surface area (Å²) in [6.07, 6.45) is 3.80. The second kappa shape index (κ2) is 9.50. The first-order valence-electron chi connectivity index (χ1n) is 6.22. The van der Waals surface area contributed by atoms with Crippen LogP contribution in [0.2, 0.25) is 0 Å². The van der Waals surface area contributed by atoms with E-state index >= 15 is 0 Å². The quantitative estimate of drug-likeness (QED) is 0.295. The first kappa shape index (κ1) is 17.6. The molecule has 0 rings (SSSR count). The van der Waals surface area contributed by atoms with Crippen molar-refractivity contribution in [2.24, 2.45) is 5.92 Å². The first-order chi connectivity index (χ1) is 8.45. The lowest BCUT2D eigenvalue weighted by atomic mass is 10.0. The largest absolute Gasteiger partial charge is 0.759 e. The Kier molecular flexibility index (Phi) is 9.28. The van der Waals surface area contributed by atoms with Crippen LogP contribution in [-0.4, -0.2) is 5.88 Å². The van der Waals surface area contributed by atoms with Gasteiger partial charge in [-0.25, -0.2) is 0 Å². The van der Waals surface area contributed by atoms with Gasteiger partial charge in [0.05, 0.1) is 5.76 Å². The topological polar surface area (TPSA) is 49.4 Å². The number of allylic oxidation sites excluding steroid dienone is 1. The monoisotopic (exact) mass is 291 g/mol. The van der Waals surface area contributed by atoms with Crippen LogP contribution in [0.3, 0.4) is 0 Å². The van der Waals surface area contributed by atoms with E-state index in [4.69, 9.17) is 16.1 Å². The Bertz CT molecular complexity index is 357. The summed E-state index contributed by atoms with van der Waals surface area (Å²) in [4.78, 5) is 11.6. The molecular weight excluding hydrogens is 271 g/mol. The van der Waals surface area contributed by atoms with Crippen molar-refractivity contribution in [3.63, 3.8) is 0 Å². The molecule has 3 nitrogen and oxygen atoms in total. The highest BCUT2D eigenvalue weighted by Crippen LogP contribution is 2.39. The Morgan fingerprint density at radius 1 is 1.56 bits per heavy atom. The van der Waals surface area contributed by atoms with Gasteiger partial charge < -0.3 is 9.42 Å². The lowest BCUT2D eigenvalue weighted by Crippen LogP contribution is -2.03. The van der Waals surface area contributed by atoms with Crippen LogP contribution < -0.4 is 4.89 Å². The van der Waals surface area contributed by atoms with Crippen molar-refractivity contribution in [1.82, 2.24) is 0 Å². The molecule has 0 fully saturated rings. The molecule has 0 aromatic heterocycles. The molecule has 0 aromatic rings. The zero-order chi connectivity index (χ0) is 14.0. The van der Waals surface area contributed by atoms with Crippen LogP contribution in [0.25, 0.3) is 0 Å². The predicted molar refractivity (Wildman–Crippen MR) is 74.3 cm³/mol. The van der Waals surface area contributed by atoms with Gasteiger partial charge in [-0.05, 0) is 24.9 Å². The van der Waals surface area contributed by atoms with E-state index in [1.165, 1.54) is 0 Å². The minimum absolute atomic E-state index is 0.108. The molecule has 0 spiro atoms. The summed E-state index contributed by atoms with van der Waals surface area (Å²) in [6, 6.07) is 0. The molecule has 0 saturated heterocycles. The third-order valence-corrected chi connectivity index (χ3v) is 3.54. The Morgan fingerprint density at radius 3 is 2.72 bits per heavy atom. The van der Waals surface area contributed by atoms with Crippen LogP contribution >= 0.6 is 19.2 Å². The van der Waals surface area contributed by atoms with Crippen molar-refractivity contribution in [2.45, 2.75) is 46.0 Å². The minimum Gasteiger partial charge on any atom is -0.759 e. The number of halogens is 1. The van der Waals surface area contributed by atoms with Crippen LogP contribution in [0.5, 0.6) is 0 Å². The lowest BCUT2D eigenvalue weighted by Gasteiger charge is -2.19. The number of hydrogen-bond acceptors (Lipinski definition) is 3. The van der Waals surface area contributed by atoms with Gasteiger partial charge in [0.1, 0.15) is 0 Å². The maximum absolute atomic E-state index is 11.6. The van der Waals surface area contributed by atoms with E-state index in [9.17, 15) is 9.46 Å². The van der Waals surface area contributed by atoms with Gasteiger partial charge in [0.25, 0.3) is 7.60 Å². The van der Waals surface area contributed by atoms with Crippen molar-refractivity contribution < 1.29 is 14.0 Å². The SMILES string of the molecule is C=C(CCCCl)OP(=O)([O-])C#CC(CC)CCC. The molecule has 0 radical (unpaired) electrons. The van der Waals surface area contributed by atoms with Gasteiger partial charge in [-0.1, -0.05) is 32.8 Å². The molecule has 0 bridgehead atoms. The number of hydrogen-bond donors (Lipinski definition) is 0. The maximum Gasteiger partial charge on any atom is 0.257 e. The molecule has 0 saturated carbocycles. The second-order valence-electron chi connectivity index (χ2n) is 4.07. The Hall–Kier alpha value is -0.420. The summed E-state index contributed by atoms with van der Waals surface area (Å²) in [5, 5.41) is 0. The number of alkyl halides is 1. The van der Waals surface area contributed by atoms with Crippen LogP contribution in [0.4, 0.5) is 0 Å². The van der Waals surface area contributed by atoms with Crippen molar-refractivity contribution in [3.8, 4) is 11.6 Å². The summed E-state index contributed by atoms with van der Waals surface area (Å²) >= 11 is 5.50. The van der Waals surface area contributed by atoms with Gasteiger partial charge in [-0.2, -0.15) is 0 Å². The molecule has 18 heavy (non-hydrogen) atoms. The molecule has 0 aromatic carbocycles. The fourth-order valence-corrected chi connectivity index (χ4v) is 2.35. The van der Waals surface area contributed by atoms with E-state index in [0.29, 0.717) is 18.7 Å². The van der Waals surface area contributed by atoms with Gasteiger partial charge >= 0.3 is 0 Å². The van der Waals surface area contributed by atoms with E-state index in [1.54, 1.807) is 0 Å². The molecule has 2 unspecified atom stereocenters. The van der Waals surface area contributed by atoms with Gasteiger partial charge in [-0.3, -0.25) is 4.57 Å². The maximum atomic E-state index is 11.6. The fourth-order valence-electron chi connectivity index (χ4n) is 1.40. The fraction of sp³-hybridized carbons (Fsp3) is 0.692. The van der Waals surface area contributed by atoms with Gasteiger partial charge in [0.15, 0.2) is 0 Å². The van der Waals surface area contributed by atoms with E-state index in [2.05, 4.69) is 18.2 Å². The molecule has 0 amide bonds. The van der Waals surface area contributed by atoms with E-state index in [0.717, 1.165) is 19.3 Å². The van der Waals surface area contributed by atoms with E-state index in [-0.39, 0.29) is 11.7 Å². The highest BCUT2D eigenvalue weighted by Gasteiger charge is 2.08. The van der Waals surface area contributed by atoms with Crippen LogP contribution in [0, 0.1) is 17.5 Å². The smallest absolute Gasteiger partial charge is 0.257 e. The van der Waals surface area contributed by atoms with E-state index in [1.807, 2.05) is 13.8 Å². The van der Waals surface area contributed by atoms with E-state index < -0.39 is 7.60 Å². The standard InChI is InChI=1S/C13H22ClO3P/c1-4-7-13(5-2)9-11-18(15,16)17-12(3)8-6-10-14/h13H,3-8,10H2,1-2H3,(H,15,16)/p-1. The average Bonchev–Trinajstić information content (AvgIpc) is 2.31. The van der Waals surface area contributed by atoms with Gasteiger partial charge in [-0.15, -0.1) is 11.6 Å². The molecular formula is C13H21ClO3P-. The summed E-state index contributed by atoms with van der Waals surface area (Å²) in [5.74, 6) is 3.51. The van der Waals surface area contributed by atoms with Crippen molar-refractivity contribution >= 4 is 19.2 Å². The van der Waals surface area contributed by atoms with Crippen LogP contribution in [0.1, 0.15) is 46.0 Å². The minimum atomic E-state index is -4.13. The molecule has 0 aliphatic rings. The van der Waals surface area contributed by atoms with Crippen LogP contribution in [-0.2, 0) is 9.09 Å². The second-order valence-corrected chi connectivity index (χ2v) is 5.85. The van der Waals surface area contributed by atoms with Crippen molar-refractivity contribution in [1.29, 1.82) is 0 Å². The molecule has 0 aliphatic heterocycles. The molecule has 0 N–H and O–H groups in total. The van der Waals surface area contributed by atoms with Crippen molar-refractivity contribution in [3.05, 3.63) is 12.3 Å². The number of rotatable bonds is 8. The summed E-state index contributed by atoms with van der Waals surface area (Å²) < 4.78 is 16.4. The van der Waals surface area contributed by atoms with Crippen molar-refractivity contribution in [2.75, 3.05) is 5.88 Å². The lowest BCUT2D eigenvalue weighted by molar-refractivity contribution is -0.190. The molecule has 0 heterocycles. The average molecular weight is 292 g/mol. The van der Waals surface area contributed by atoms with Gasteiger partial charge in [0.2, 0.25) is 0 Å². The summed E-state index contributed by atoms with van der Waals surface area (Å²) in [5.41, 5.74) is 2.24. The third kappa shape index (κ3) is 8.64. The Labute approximate surface area is 115 Å². The third-order valence-electron chi connectivity index (χ3n) is 2.37. The molecule has 104 valence electrons. The highest BCUT2D eigenvalue weighted by molar-refractivity contribution is 7.57. The Balaban J connectivity index is 4.41. The first-order valence-corrected chi connectivity index (χ1v) is 8.30.